The number of rotatable bonds is 4. The van der Waals surface area contributed by atoms with E-state index in [0.29, 0.717) is 0 Å². The van der Waals surface area contributed by atoms with Gasteiger partial charge < -0.3 is 9.55 Å². The lowest BCUT2D eigenvalue weighted by atomic mass is 10.2. The van der Waals surface area contributed by atoms with Crippen molar-refractivity contribution in [1.29, 1.82) is 0 Å². The normalized spacial score (nSPS) is 11.4. The van der Waals surface area contributed by atoms with Gasteiger partial charge in [0, 0.05) is 11.9 Å². The van der Waals surface area contributed by atoms with E-state index in [1.807, 2.05) is 36.2 Å². The first-order valence-corrected chi connectivity index (χ1v) is 8.06. The molecule has 0 atom stereocenters. The van der Waals surface area contributed by atoms with E-state index < -0.39 is 0 Å². The first-order valence-electron chi connectivity index (χ1n) is 6.26. The summed E-state index contributed by atoms with van der Waals surface area (Å²) in [4.78, 5) is 7.72. The predicted octanol–water partition coefficient (Wildman–Crippen LogP) is 4.00. The fourth-order valence-electron chi connectivity index (χ4n) is 2.37. The van der Waals surface area contributed by atoms with Crippen molar-refractivity contribution in [2.45, 2.75) is 13.0 Å². The van der Waals surface area contributed by atoms with Gasteiger partial charge in [-0.3, -0.25) is 4.98 Å². The summed E-state index contributed by atoms with van der Waals surface area (Å²) >= 11 is 7.31. The summed E-state index contributed by atoms with van der Waals surface area (Å²) in [5.74, 6) is 1.15. The molecule has 0 saturated heterocycles. The van der Waals surface area contributed by atoms with E-state index in [2.05, 4.69) is 26.9 Å². The first kappa shape index (κ1) is 12.7. The minimum atomic E-state index is 0.786. The van der Waals surface area contributed by atoms with Gasteiger partial charge in [0.2, 0.25) is 0 Å². The number of hydrogen-bond donors (Lipinski definition) is 1. The highest BCUT2D eigenvalue weighted by molar-refractivity contribution is 7.98. The number of nitrogens with zero attached hydrogens (tertiary/aromatic N) is 2. The largest absolute Gasteiger partial charge is 0.329 e. The van der Waals surface area contributed by atoms with Crippen LogP contribution in [0.4, 0.5) is 0 Å². The molecule has 1 aromatic carbocycles. The van der Waals surface area contributed by atoms with Crippen molar-refractivity contribution in [2.24, 2.45) is 0 Å². The molecule has 0 spiro atoms. The molecular formula is C14H15N3S2. The van der Waals surface area contributed by atoms with Crippen LogP contribution >= 0.6 is 24.0 Å². The van der Waals surface area contributed by atoms with Crippen molar-refractivity contribution in [3.8, 4) is 0 Å². The van der Waals surface area contributed by atoms with Gasteiger partial charge in [-0.25, -0.2) is 0 Å². The van der Waals surface area contributed by atoms with E-state index in [0.717, 1.165) is 39.9 Å². The number of fused-ring (bicyclic) bond motifs is 3. The van der Waals surface area contributed by atoms with Gasteiger partial charge in [-0.15, -0.1) is 0 Å². The minimum absolute atomic E-state index is 0.786. The third-order valence-electron chi connectivity index (χ3n) is 3.23. The number of H-pyrrole nitrogens is 1. The van der Waals surface area contributed by atoms with E-state index >= 15 is 0 Å². The van der Waals surface area contributed by atoms with Crippen LogP contribution in [0.5, 0.6) is 0 Å². The van der Waals surface area contributed by atoms with Crippen LogP contribution in [0.1, 0.15) is 6.42 Å². The lowest BCUT2D eigenvalue weighted by molar-refractivity contribution is 0.695. The van der Waals surface area contributed by atoms with Crippen molar-refractivity contribution in [2.75, 3.05) is 12.0 Å². The smallest absolute Gasteiger partial charge is 0.178 e. The summed E-state index contributed by atoms with van der Waals surface area (Å²) in [7, 11) is 0. The second kappa shape index (κ2) is 5.35. The Morgan fingerprint density at radius 2 is 2.21 bits per heavy atom. The monoisotopic (exact) mass is 289 g/mol. The van der Waals surface area contributed by atoms with Gasteiger partial charge in [-0.05, 0) is 36.7 Å². The van der Waals surface area contributed by atoms with Gasteiger partial charge in [0.25, 0.3) is 0 Å². The Kier molecular flexibility index (Phi) is 3.57. The third-order valence-corrected chi connectivity index (χ3v) is 4.25. The minimum Gasteiger partial charge on any atom is -0.329 e. The van der Waals surface area contributed by atoms with Crippen LogP contribution < -0.4 is 0 Å². The summed E-state index contributed by atoms with van der Waals surface area (Å²) in [6.45, 7) is 0.952. The summed E-state index contributed by atoms with van der Waals surface area (Å²) in [5.41, 5.74) is 3.21. The van der Waals surface area contributed by atoms with Crippen molar-refractivity contribution in [1.82, 2.24) is 14.5 Å². The molecule has 98 valence electrons. The van der Waals surface area contributed by atoms with Gasteiger partial charge in [0.15, 0.2) is 4.77 Å². The SMILES string of the molecule is CSCCCn1c(=S)[nH]c2cnc3ccccc3c21. The fraction of sp³-hybridized carbons (Fsp3) is 0.286. The molecule has 0 fully saturated rings. The number of thioether (sulfide) groups is 1. The number of nitrogens with one attached hydrogen (secondary N) is 1. The molecule has 0 aliphatic heterocycles. The Morgan fingerprint density at radius 3 is 3.05 bits per heavy atom. The lowest BCUT2D eigenvalue weighted by Crippen LogP contribution is -1.99. The van der Waals surface area contributed by atoms with E-state index in [1.54, 1.807) is 0 Å². The maximum Gasteiger partial charge on any atom is 0.178 e. The predicted molar refractivity (Wildman–Crippen MR) is 85.4 cm³/mol. The molecule has 3 aromatic rings. The number of aromatic nitrogens is 3. The summed E-state index contributed by atoms with van der Waals surface area (Å²) in [6, 6.07) is 8.21. The lowest BCUT2D eigenvalue weighted by Gasteiger charge is -2.06. The molecule has 0 saturated carbocycles. The topological polar surface area (TPSA) is 33.6 Å². The maximum atomic E-state index is 5.44. The fourth-order valence-corrected chi connectivity index (χ4v) is 3.08. The molecule has 0 bridgehead atoms. The van der Waals surface area contributed by atoms with E-state index in [1.165, 1.54) is 5.52 Å². The molecule has 3 nitrogen and oxygen atoms in total. The first-order chi connectivity index (χ1) is 9.31. The van der Waals surface area contributed by atoms with Gasteiger partial charge in [-0.2, -0.15) is 11.8 Å². The van der Waals surface area contributed by atoms with Gasteiger partial charge in [0.1, 0.15) is 0 Å². The van der Waals surface area contributed by atoms with Crippen LogP contribution in [0, 0.1) is 4.77 Å². The zero-order valence-electron chi connectivity index (χ0n) is 10.7. The van der Waals surface area contributed by atoms with Crippen LogP contribution in [0.2, 0.25) is 0 Å². The molecule has 2 aromatic heterocycles. The standard InChI is InChI=1S/C14H15N3S2/c1-19-8-4-7-17-13-10-5-2-3-6-11(10)15-9-12(13)16-14(17)18/h2-3,5-6,9H,4,7-8H2,1H3,(H,16,18). The summed E-state index contributed by atoms with van der Waals surface area (Å²) < 4.78 is 2.99. The quantitative estimate of drug-likeness (QED) is 0.582. The van der Waals surface area contributed by atoms with Crippen LogP contribution in [-0.2, 0) is 6.54 Å². The average Bonchev–Trinajstić information content (AvgIpc) is 2.76. The maximum absolute atomic E-state index is 5.44. The van der Waals surface area contributed by atoms with Crippen molar-refractivity contribution < 1.29 is 0 Å². The number of para-hydroxylation sites is 1. The van der Waals surface area contributed by atoms with Crippen molar-refractivity contribution >= 4 is 45.9 Å². The number of imidazole rings is 1. The van der Waals surface area contributed by atoms with Gasteiger partial charge in [0.05, 0.1) is 22.7 Å². The molecule has 3 rings (SSSR count). The zero-order chi connectivity index (χ0) is 13.2. The number of benzene rings is 1. The average molecular weight is 289 g/mol. The molecule has 0 aliphatic rings. The van der Waals surface area contributed by atoms with Crippen LogP contribution in [-0.4, -0.2) is 26.5 Å². The number of hydrogen-bond acceptors (Lipinski definition) is 3. The molecule has 1 N–H and O–H groups in total. The molecular weight excluding hydrogens is 274 g/mol. The van der Waals surface area contributed by atoms with Gasteiger partial charge >= 0.3 is 0 Å². The number of pyridine rings is 1. The number of aryl methyl sites for hydroxylation is 1. The van der Waals surface area contributed by atoms with Crippen LogP contribution in [0.15, 0.2) is 30.5 Å². The Bertz CT molecular complexity index is 773. The summed E-state index contributed by atoms with van der Waals surface area (Å²) in [6.07, 6.45) is 5.13. The molecule has 0 unspecified atom stereocenters. The summed E-state index contributed by atoms with van der Waals surface area (Å²) in [5, 5.41) is 1.16. The van der Waals surface area contributed by atoms with E-state index in [-0.39, 0.29) is 0 Å². The molecule has 0 aliphatic carbocycles. The van der Waals surface area contributed by atoms with Crippen molar-refractivity contribution in [3.63, 3.8) is 0 Å². The molecule has 0 radical (unpaired) electrons. The van der Waals surface area contributed by atoms with Crippen molar-refractivity contribution in [3.05, 3.63) is 35.2 Å². The Hall–Kier alpha value is -1.33. The second-order valence-corrected chi connectivity index (χ2v) is 5.84. The van der Waals surface area contributed by atoms with E-state index in [9.17, 15) is 0 Å². The molecule has 5 heteroatoms. The van der Waals surface area contributed by atoms with Crippen LogP contribution in [0.25, 0.3) is 21.9 Å². The number of aromatic amines is 1. The van der Waals surface area contributed by atoms with E-state index in [4.69, 9.17) is 12.2 Å². The Balaban J connectivity index is 2.22. The molecule has 2 heterocycles. The molecule has 0 amide bonds. The molecule has 19 heavy (non-hydrogen) atoms. The van der Waals surface area contributed by atoms with Crippen LogP contribution in [0.3, 0.4) is 0 Å². The highest BCUT2D eigenvalue weighted by Gasteiger charge is 2.08. The Morgan fingerprint density at radius 1 is 1.37 bits per heavy atom. The highest BCUT2D eigenvalue weighted by atomic mass is 32.2. The second-order valence-electron chi connectivity index (χ2n) is 4.47. The van der Waals surface area contributed by atoms with Gasteiger partial charge in [-0.1, -0.05) is 18.2 Å². The Labute approximate surface area is 121 Å². The highest BCUT2D eigenvalue weighted by Crippen LogP contribution is 2.23. The zero-order valence-corrected chi connectivity index (χ0v) is 12.4. The third kappa shape index (κ3) is 2.28.